The van der Waals surface area contributed by atoms with Crippen LogP contribution in [-0.4, -0.2) is 39.9 Å². The average molecular weight is 1310 g/mol. The lowest BCUT2D eigenvalue weighted by molar-refractivity contribution is -0.288. The molecule has 13 rings (SSSR count). The molecule has 0 saturated heterocycles. The number of ether oxygens (including phenoxy) is 4. The fourth-order valence-electron chi connectivity index (χ4n) is 11.3. The number of rotatable bonds is 20. The summed E-state index contributed by atoms with van der Waals surface area (Å²) in [7, 11) is 0. The van der Waals surface area contributed by atoms with Gasteiger partial charge in [-0.2, -0.15) is 26.3 Å². The van der Waals surface area contributed by atoms with Gasteiger partial charge in [-0.1, -0.05) is 139 Å². The molecule has 0 aliphatic rings. The highest BCUT2D eigenvalue weighted by Crippen LogP contribution is 2.57. The van der Waals surface area contributed by atoms with Gasteiger partial charge >= 0.3 is 12.4 Å². The minimum absolute atomic E-state index is 0.0436. The molecule has 0 atom stereocenters. The number of aryl methyl sites for hydroxylation is 2. The second kappa shape index (κ2) is 27.1. The normalized spacial score (nSPS) is 11.6. The van der Waals surface area contributed by atoms with Crippen LogP contribution in [0.2, 0.25) is 0 Å². The first-order chi connectivity index (χ1) is 47.3. The first-order valence-electron chi connectivity index (χ1n) is 30.8. The van der Waals surface area contributed by atoms with E-state index in [9.17, 15) is 14.4 Å². The minimum atomic E-state index is -5.87. The van der Waals surface area contributed by atoms with Gasteiger partial charge in [0.15, 0.2) is 17.3 Å². The summed E-state index contributed by atoms with van der Waals surface area (Å²) in [6.07, 6.45) is -11.7. The molecule has 0 amide bonds. The zero-order chi connectivity index (χ0) is 68.1. The van der Waals surface area contributed by atoms with E-state index in [0.29, 0.717) is 91.4 Å². The van der Waals surface area contributed by atoms with Gasteiger partial charge in [0.05, 0.1) is 0 Å². The molecule has 0 radical (unpaired) electrons. The van der Waals surface area contributed by atoms with E-state index in [2.05, 4.69) is 10.2 Å². The van der Waals surface area contributed by atoms with Gasteiger partial charge in [0.2, 0.25) is 17.2 Å². The van der Waals surface area contributed by atoms with E-state index in [1.165, 1.54) is 48.5 Å². The van der Waals surface area contributed by atoms with Crippen LogP contribution in [0.1, 0.15) is 70.0 Å². The third-order valence-corrected chi connectivity index (χ3v) is 16.5. The van der Waals surface area contributed by atoms with Gasteiger partial charge in [0.25, 0.3) is 0 Å². The maximum absolute atomic E-state index is 15.2. The van der Waals surface area contributed by atoms with Crippen molar-refractivity contribution in [2.24, 2.45) is 0 Å². The fourth-order valence-corrected chi connectivity index (χ4v) is 11.3. The molecule has 0 N–H and O–H groups in total. The quantitative estimate of drug-likeness (QED) is 0.0537. The third-order valence-electron chi connectivity index (χ3n) is 16.5. The highest BCUT2D eigenvalue weighted by Gasteiger charge is 2.72. The van der Waals surface area contributed by atoms with E-state index in [1.807, 2.05) is 111 Å². The number of nitrogens with zero attached hydrogens (tertiary/aromatic N) is 2. The zero-order valence-electron chi connectivity index (χ0n) is 52.1. The summed E-state index contributed by atoms with van der Waals surface area (Å²) in [5.41, 5.74) is 1.83. The molecule has 482 valence electrons. The van der Waals surface area contributed by atoms with Crippen molar-refractivity contribution in [2.75, 3.05) is 0 Å². The Hall–Kier alpha value is -12.4. The number of halogens is 6. The third kappa shape index (κ3) is 13.7. The van der Waals surface area contributed by atoms with Crippen LogP contribution in [0.15, 0.2) is 296 Å². The molecule has 0 saturated carbocycles. The Labute approximate surface area is 558 Å². The second-order valence-electron chi connectivity index (χ2n) is 23.1. The van der Waals surface area contributed by atoms with Crippen molar-refractivity contribution < 1.29 is 64.1 Å². The number of aromatic nitrogens is 2. The first kappa shape index (κ1) is 64.3. The van der Waals surface area contributed by atoms with E-state index >= 15 is 26.3 Å². The van der Waals surface area contributed by atoms with E-state index in [1.54, 1.807) is 97.1 Å². The SMILES string of the molecule is Cc1ccc(C(=O)c2ccc(Oc3ccc(C(c4ccc(Oc5ccc(C(=O)c6ccc(-c7ccc(-c8ccc(-c9nnc(-c%10ccc(C)cc%10)o9)cc8)cc7C(=O)c7ccc(Oc8ccc(Oc9ccccc9)cc8)cc7)cc6)cc5)cc4)(C(F)(F)F)C(F)(F)F)cc3)cc2)cc1. The number of carbonyl (C=O) groups excluding carboxylic acids is 3. The van der Waals surface area contributed by atoms with Crippen LogP contribution in [0.3, 0.4) is 0 Å². The molecule has 12 aromatic carbocycles. The monoisotopic (exact) mass is 1310 g/mol. The molecule has 0 unspecified atom stereocenters. The van der Waals surface area contributed by atoms with Crippen molar-refractivity contribution in [1.82, 2.24) is 10.2 Å². The second-order valence-corrected chi connectivity index (χ2v) is 23.1. The van der Waals surface area contributed by atoms with Crippen LogP contribution < -0.4 is 18.9 Å². The molecule has 1 heterocycles. The number of carbonyl (C=O) groups is 3. The predicted octanol–water partition coefficient (Wildman–Crippen LogP) is 21.6. The molecular formula is C82H54F6N2O8. The Morgan fingerprint density at radius 2 is 0.592 bits per heavy atom. The smallest absolute Gasteiger partial charge is 0.411 e. The molecule has 0 aliphatic heterocycles. The molecule has 16 heteroatoms. The van der Waals surface area contributed by atoms with Gasteiger partial charge in [-0.3, -0.25) is 14.4 Å². The van der Waals surface area contributed by atoms with Crippen molar-refractivity contribution in [1.29, 1.82) is 0 Å². The summed E-state index contributed by atoms with van der Waals surface area (Å²) in [5, 5.41) is 8.54. The topological polar surface area (TPSA) is 127 Å². The molecular weight excluding hydrogens is 1250 g/mol. The van der Waals surface area contributed by atoms with Crippen molar-refractivity contribution in [2.45, 2.75) is 31.6 Å². The zero-order valence-corrected chi connectivity index (χ0v) is 52.1. The van der Waals surface area contributed by atoms with E-state index in [0.717, 1.165) is 64.2 Å². The largest absolute Gasteiger partial charge is 0.457 e. The predicted molar refractivity (Wildman–Crippen MR) is 361 cm³/mol. The summed E-state index contributed by atoms with van der Waals surface area (Å²) in [6, 6.07) is 76.8. The lowest BCUT2D eigenvalue weighted by atomic mass is 9.73. The van der Waals surface area contributed by atoms with Crippen LogP contribution in [0.5, 0.6) is 46.0 Å². The summed E-state index contributed by atoms with van der Waals surface area (Å²) >= 11 is 0. The number of benzene rings is 12. The summed E-state index contributed by atoms with van der Waals surface area (Å²) in [5.74, 6) is 2.46. The number of para-hydroxylation sites is 1. The van der Waals surface area contributed by atoms with Crippen LogP contribution in [-0.2, 0) is 5.41 Å². The van der Waals surface area contributed by atoms with Crippen LogP contribution in [0.4, 0.5) is 26.3 Å². The Bertz CT molecular complexity index is 4970. The van der Waals surface area contributed by atoms with Crippen LogP contribution in [0.25, 0.3) is 45.2 Å². The lowest BCUT2D eigenvalue weighted by Crippen LogP contribution is -2.54. The van der Waals surface area contributed by atoms with Crippen molar-refractivity contribution in [3.05, 3.63) is 347 Å². The summed E-state index contributed by atoms with van der Waals surface area (Å²) < 4.78 is 121. The highest BCUT2D eigenvalue weighted by atomic mass is 19.4. The van der Waals surface area contributed by atoms with Gasteiger partial charge in [-0.15, -0.1) is 10.2 Å². The molecule has 10 nitrogen and oxygen atoms in total. The van der Waals surface area contributed by atoms with E-state index in [4.69, 9.17) is 23.4 Å². The standard InChI is InChI=1S/C82H54F6N2O8/c1-51-8-12-55(13-9-51)75(91)57-24-35-66(36-25-57)95-69-41-31-63(32-42-69)80(81(83,84)85,82(86,87)88)64-33-43-70(44-34-64)96-67-37-26-58(27-38-67)76(92)56-20-18-54(19-21-56)73-49-30-62(53-16-22-61(23-17-53)79-90-89-78(98-79)60-14-10-52(2)11-15-60)50-74(73)77(93)59-28-39-68(40-29-59)97-72-47-45-71(46-48-72)94-65-6-4-3-5-7-65/h3-50H,1-2H3. The average Bonchev–Trinajstić information content (AvgIpc) is 0.784. The number of hydrogen-bond acceptors (Lipinski definition) is 10. The molecule has 0 aliphatic carbocycles. The number of ketones is 3. The van der Waals surface area contributed by atoms with Gasteiger partial charge in [-0.25, -0.2) is 0 Å². The Balaban J connectivity index is 0.703. The minimum Gasteiger partial charge on any atom is -0.457 e. The Kier molecular flexibility index (Phi) is 17.8. The Morgan fingerprint density at radius 1 is 0.306 bits per heavy atom. The molecule has 13 aromatic rings. The maximum atomic E-state index is 15.2. The van der Waals surface area contributed by atoms with Crippen LogP contribution >= 0.6 is 0 Å². The molecule has 0 spiro atoms. The molecule has 0 bridgehead atoms. The number of hydrogen-bond donors (Lipinski definition) is 0. The van der Waals surface area contributed by atoms with Gasteiger partial charge in [-0.05, 0) is 211 Å². The molecule has 1 aromatic heterocycles. The van der Waals surface area contributed by atoms with Gasteiger partial charge in [0, 0.05) is 44.5 Å². The van der Waals surface area contributed by atoms with Crippen molar-refractivity contribution in [3.8, 4) is 91.2 Å². The first-order valence-corrected chi connectivity index (χ1v) is 30.8. The highest BCUT2D eigenvalue weighted by molar-refractivity contribution is 6.14. The van der Waals surface area contributed by atoms with E-state index < -0.39 is 28.9 Å². The maximum Gasteiger partial charge on any atom is 0.411 e. The Morgan fingerprint density at radius 3 is 0.980 bits per heavy atom. The lowest BCUT2D eigenvalue weighted by Gasteiger charge is -2.38. The summed E-state index contributed by atoms with van der Waals surface area (Å²) in [4.78, 5) is 41.8. The molecule has 0 fully saturated rings. The van der Waals surface area contributed by atoms with Crippen molar-refractivity contribution in [3.63, 3.8) is 0 Å². The van der Waals surface area contributed by atoms with E-state index in [-0.39, 0.29) is 45.9 Å². The van der Waals surface area contributed by atoms with Crippen LogP contribution in [0, 0.1) is 13.8 Å². The molecule has 98 heavy (non-hydrogen) atoms. The van der Waals surface area contributed by atoms with Crippen molar-refractivity contribution >= 4 is 17.3 Å². The van der Waals surface area contributed by atoms with Gasteiger partial charge in [0.1, 0.15) is 46.0 Å². The number of alkyl halides is 6. The van der Waals surface area contributed by atoms with Gasteiger partial charge < -0.3 is 23.4 Å². The summed E-state index contributed by atoms with van der Waals surface area (Å²) in [6.45, 7) is 3.89. The fraction of sp³-hybridized carbons (Fsp3) is 0.0610.